The van der Waals surface area contributed by atoms with E-state index in [4.69, 9.17) is 5.53 Å². The summed E-state index contributed by atoms with van der Waals surface area (Å²) in [6.45, 7) is 0.462. The smallest absolute Gasteiger partial charge is 0.327 e. The zero-order valence-corrected chi connectivity index (χ0v) is 10.8. The quantitative estimate of drug-likeness (QED) is 0.274. The Hall–Kier alpha value is -2.18. The summed E-state index contributed by atoms with van der Waals surface area (Å²) in [5.41, 5.74) is 7.73. The third kappa shape index (κ3) is 4.18. The van der Waals surface area contributed by atoms with Crippen molar-refractivity contribution < 1.29 is 18.3 Å². The number of nitrogens with one attached hydrogen (secondary N) is 1. The van der Waals surface area contributed by atoms with Gasteiger partial charge in [-0.25, -0.2) is 13.6 Å². The molecular weight excluding hydrogens is 270 g/mol. The predicted molar refractivity (Wildman–Crippen MR) is 67.7 cm³/mol. The molecule has 0 fully saturated rings. The molecule has 1 rings (SSSR count). The molecule has 1 aromatic carbocycles. The van der Waals surface area contributed by atoms with Crippen molar-refractivity contribution in [2.75, 3.05) is 20.2 Å². The summed E-state index contributed by atoms with van der Waals surface area (Å²) < 4.78 is 31.9. The number of carbonyl (C=O) groups is 1. The predicted octanol–water partition coefficient (Wildman–Crippen LogP) is 2.47. The van der Waals surface area contributed by atoms with Crippen LogP contribution in [-0.2, 0) is 9.53 Å². The highest BCUT2D eigenvalue weighted by Gasteiger charge is 2.26. The van der Waals surface area contributed by atoms with E-state index in [1.807, 2.05) is 0 Å². The number of benzene rings is 1. The highest BCUT2D eigenvalue weighted by molar-refractivity contribution is 5.77. The minimum Gasteiger partial charge on any atom is -0.468 e. The zero-order chi connectivity index (χ0) is 15.0. The van der Waals surface area contributed by atoms with Crippen LogP contribution in [0.5, 0.6) is 0 Å². The van der Waals surface area contributed by atoms with Gasteiger partial charge in [-0.2, -0.15) is 0 Å². The lowest BCUT2D eigenvalue weighted by atomic mass is 10.1. The topological polar surface area (TPSA) is 87.1 Å². The molecular formula is C12H14F2N4O2. The number of halogens is 2. The molecule has 0 bridgehead atoms. The van der Waals surface area contributed by atoms with E-state index in [0.29, 0.717) is 6.42 Å². The van der Waals surface area contributed by atoms with Gasteiger partial charge in [0.2, 0.25) is 0 Å². The lowest BCUT2D eigenvalue weighted by molar-refractivity contribution is -0.143. The minimum atomic E-state index is -1.24. The van der Waals surface area contributed by atoms with Gasteiger partial charge in [0.25, 0.3) is 0 Å². The second-order valence-electron chi connectivity index (χ2n) is 3.85. The van der Waals surface area contributed by atoms with Gasteiger partial charge in [-0.3, -0.25) is 0 Å². The van der Waals surface area contributed by atoms with Crippen molar-refractivity contribution in [3.05, 3.63) is 45.8 Å². The normalized spacial score (nSPS) is 11.6. The number of hydrogen-bond donors (Lipinski definition) is 1. The van der Waals surface area contributed by atoms with Crippen molar-refractivity contribution in [3.63, 3.8) is 0 Å². The Labute approximate surface area is 114 Å². The maximum Gasteiger partial charge on any atom is 0.327 e. The molecule has 0 radical (unpaired) electrons. The number of methoxy groups -OCH3 is 1. The van der Waals surface area contributed by atoms with E-state index in [1.54, 1.807) is 0 Å². The van der Waals surface area contributed by atoms with E-state index in [2.05, 4.69) is 20.1 Å². The van der Waals surface area contributed by atoms with E-state index < -0.39 is 23.6 Å². The van der Waals surface area contributed by atoms with E-state index in [0.717, 1.165) is 19.2 Å². The molecule has 8 heteroatoms. The van der Waals surface area contributed by atoms with E-state index in [9.17, 15) is 13.6 Å². The van der Waals surface area contributed by atoms with Gasteiger partial charge in [0.1, 0.15) is 17.7 Å². The van der Waals surface area contributed by atoms with E-state index in [1.165, 1.54) is 6.07 Å². The first-order chi connectivity index (χ1) is 9.61. The maximum absolute atomic E-state index is 13.7. The molecule has 0 aliphatic carbocycles. The number of carbonyl (C=O) groups excluding carboxylic acids is 1. The monoisotopic (exact) mass is 284 g/mol. The molecule has 0 saturated carbocycles. The number of nitrogens with zero attached hydrogens (tertiary/aromatic N) is 3. The van der Waals surface area contributed by atoms with Gasteiger partial charge < -0.3 is 10.1 Å². The summed E-state index contributed by atoms with van der Waals surface area (Å²) in [5, 5.41) is 6.01. The van der Waals surface area contributed by atoms with Crippen LogP contribution in [0.2, 0.25) is 0 Å². The zero-order valence-electron chi connectivity index (χ0n) is 10.8. The fourth-order valence-corrected chi connectivity index (χ4v) is 1.65. The molecule has 1 N–H and O–H groups in total. The third-order valence-corrected chi connectivity index (χ3v) is 2.57. The van der Waals surface area contributed by atoms with Crippen LogP contribution in [0.1, 0.15) is 18.0 Å². The average molecular weight is 284 g/mol. The van der Waals surface area contributed by atoms with Crippen molar-refractivity contribution in [2.24, 2.45) is 5.11 Å². The number of rotatable bonds is 7. The fourth-order valence-electron chi connectivity index (χ4n) is 1.65. The van der Waals surface area contributed by atoms with Gasteiger partial charge in [0.05, 0.1) is 12.7 Å². The molecule has 6 nitrogen and oxygen atoms in total. The van der Waals surface area contributed by atoms with Crippen LogP contribution >= 0.6 is 0 Å². The standard InChI is InChI=1S/C12H14F2N4O2/c1-20-12(19)11(16-6-3-7-17-18-15)10-8(13)4-2-5-9(10)14/h2,4-5,11,16H,3,6-7H2,1H3. The van der Waals surface area contributed by atoms with Crippen molar-refractivity contribution in [1.82, 2.24) is 5.32 Å². The van der Waals surface area contributed by atoms with Crippen LogP contribution in [0.25, 0.3) is 10.4 Å². The van der Waals surface area contributed by atoms with Gasteiger partial charge in [-0.05, 0) is 30.6 Å². The Morgan fingerprint density at radius 2 is 2.15 bits per heavy atom. The molecule has 0 aliphatic rings. The first-order valence-corrected chi connectivity index (χ1v) is 5.87. The molecule has 0 saturated heterocycles. The Bertz CT molecular complexity index is 498. The summed E-state index contributed by atoms with van der Waals surface area (Å²) >= 11 is 0. The van der Waals surface area contributed by atoms with Crippen molar-refractivity contribution in [1.29, 1.82) is 0 Å². The Balaban J connectivity index is 2.84. The SMILES string of the molecule is COC(=O)C(NCCCN=[N+]=[N-])c1c(F)cccc1F. The highest BCUT2D eigenvalue weighted by Crippen LogP contribution is 2.21. The maximum atomic E-state index is 13.7. The molecule has 0 heterocycles. The number of esters is 1. The highest BCUT2D eigenvalue weighted by atomic mass is 19.1. The molecule has 0 spiro atoms. The first kappa shape index (κ1) is 15.9. The van der Waals surface area contributed by atoms with E-state index >= 15 is 0 Å². The van der Waals surface area contributed by atoms with Gasteiger partial charge >= 0.3 is 5.97 Å². The van der Waals surface area contributed by atoms with Crippen LogP contribution in [0.4, 0.5) is 8.78 Å². The van der Waals surface area contributed by atoms with E-state index in [-0.39, 0.29) is 18.7 Å². The van der Waals surface area contributed by atoms with Gasteiger partial charge in [0, 0.05) is 11.5 Å². The third-order valence-electron chi connectivity index (χ3n) is 2.57. The minimum absolute atomic E-state index is 0.219. The molecule has 0 aliphatic heterocycles. The number of azide groups is 1. The lowest BCUT2D eigenvalue weighted by Gasteiger charge is -2.17. The Kier molecular flexibility index (Phi) is 6.42. The molecule has 1 aromatic rings. The number of hydrogen-bond acceptors (Lipinski definition) is 4. The van der Waals surface area contributed by atoms with Gasteiger partial charge in [-0.1, -0.05) is 11.2 Å². The first-order valence-electron chi connectivity index (χ1n) is 5.87. The molecule has 108 valence electrons. The summed E-state index contributed by atoms with van der Waals surface area (Å²) in [4.78, 5) is 14.2. The molecule has 20 heavy (non-hydrogen) atoms. The lowest BCUT2D eigenvalue weighted by Crippen LogP contribution is -2.32. The largest absolute Gasteiger partial charge is 0.468 e. The summed E-state index contributed by atoms with van der Waals surface area (Å²) in [6.07, 6.45) is 0.424. The summed E-state index contributed by atoms with van der Waals surface area (Å²) in [6, 6.07) is 2.10. The van der Waals surface area contributed by atoms with Crippen molar-refractivity contribution in [3.8, 4) is 0 Å². The van der Waals surface area contributed by atoms with Crippen molar-refractivity contribution >= 4 is 5.97 Å². The molecule has 1 atom stereocenters. The second-order valence-corrected chi connectivity index (χ2v) is 3.85. The Morgan fingerprint density at radius 1 is 1.50 bits per heavy atom. The molecule has 0 aromatic heterocycles. The summed E-state index contributed by atoms with van der Waals surface area (Å²) in [7, 11) is 1.13. The van der Waals surface area contributed by atoms with Crippen molar-refractivity contribution in [2.45, 2.75) is 12.5 Å². The molecule has 0 amide bonds. The molecule has 1 unspecified atom stereocenters. The van der Waals surface area contributed by atoms with Crippen LogP contribution in [0, 0.1) is 11.6 Å². The second kappa shape index (κ2) is 8.08. The Morgan fingerprint density at radius 3 is 2.70 bits per heavy atom. The van der Waals surface area contributed by atoms with Gasteiger partial charge in [-0.15, -0.1) is 0 Å². The average Bonchev–Trinajstić information content (AvgIpc) is 2.44. The van der Waals surface area contributed by atoms with Crippen LogP contribution < -0.4 is 5.32 Å². The van der Waals surface area contributed by atoms with Crippen LogP contribution in [-0.4, -0.2) is 26.2 Å². The number of ether oxygens (including phenoxy) is 1. The van der Waals surface area contributed by atoms with Crippen LogP contribution in [0.3, 0.4) is 0 Å². The summed E-state index contributed by atoms with van der Waals surface area (Å²) in [5.74, 6) is -2.45. The van der Waals surface area contributed by atoms with Gasteiger partial charge in [0.15, 0.2) is 0 Å². The van der Waals surface area contributed by atoms with Crippen LogP contribution in [0.15, 0.2) is 23.3 Å². The fraction of sp³-hybridized carbons (Fsp3) is 0.417.